The first kappa shape index (κ1) is 20.2. The van der Waals surface area contributed by atoms with Crippen molar-refractivity contribution in [3.05, 3.63) is 34.5 Å². The molecule has 3 aliphatic rings. The average molecular weight is 451 g/mol. The minimum absolute atomic E-state index is 0.0173. The number of nitrogens with zero attached hydrogens (tertiary/aromatic N) is 2. The SMILES string of the molecule is N=S(=O)(NC(=O)Nc1c2c(cc3c1CC(C(F)F)C3)CCC2)c1cnn2c1OCCC2. The van der Waals surface area contributed by atoms with Gasteiger partial charge in [-0.05, 0) is 54.4 Å². The molecule has 0 saturated carbocycles. The Kier molecular flexibility index (Phi) is 4.87. The number of aryl methyl sites for hydroxylation is 2. The molecule has 1 aromatic heterocycles. The van der Waals surface area contributed by atoms with Crippen LogP contribution in [-0.2, 0) is 42.1 Å². The Morgan fingerprint density at radius 2 is 2.10 bits per heavy atom. The summed E-state index contributed by atoms with van der Waals surface area (Å²) in [5.41, 5.74) is 4.12. The molecule has 3 N–H and O–H groups in total. The zero-order valence-electron chi connectivity index (χ0n) is 16.7. The van der Waals surface area contributed by atoms with E-state index in [1.165, 1.54) is 10.9 Å². The summed E-state index contributed by atoms with van der Waals surface area (Å²) in [6.45, 7) is 1.01. The molecule has 2 aliphatic carbocycles. The molecule has 5 rings (SSSR count). The summed E-state index contributed by atoms with van der Waals surface area (Å²) in [6, 6.07) is 1.19. The van der Waals surface area contributed by atoms with Crippen LogP contribution in [0.15, 0.2) is 17.2 Å². The monoisotopic (exact) mass is 451 g/mol. The molecule has 2 atom stereocenters. The fourth-order valence-corrected chi connectivity index (χ4v) is 5.81. The summed E-state index contributed by atoms with van der Waals surface area (Å²) in [5, 5.41) is 6.82. The number of anilines is 1. The Labute approximate surface area is 178 Å². The maximum absolute atomic E-state index is 13.3. The number of aromatic nitrogens is 2. The Hall–Kier alpha value is -2.69. The van der Waals surface area contributed by atoms with Gasteiger partial charge in [0.2, 0.25) is 12.3 Å². The minimum Gasteiger partial charge on any atom is -0.477 e. The maximum atomic E-state index is 13.3. The Bertz CT molecular complexity index is 1160. The molecule has 8 nitrogen and oxygen atoms in total. The first-order chi connectivity index (χ1) is 14.8. The highest BCUT2D eigenvalue weighted by atomic mass is 32.2. The average Bonchev–Trinajstić information content (AvgIpc) is 3.44. The van der Waals surface area contributed by atoms with E-state index >= 15 is 0 Å². The second kappa shape index (κ2) is 7.47. The molecule has 2 unspecified atom stereocenters. The molecule has 11 heteroatoms. The number of ether oxygens (including phenoxy) is 1. The lowest BCUT2D eigenvalue weighted by Gasteiger charge is -2.18. The molecular weight excluding hydrogens is 428 g/mol. The van der Waals surface area contributed by atoms with Crippen molar-refractivity contribution in [1.82, 2.24) is 14.5 Å². The van der Waals surface area contributed by atoms with Crippen molar-refractivity contribution in [2.24, 2.45) is 5.92 Å². The smallest absolute Gasteiger partial charge is 0.331 e. The molecule has 0 fully saturated rings. The third-order valence-corrected chi connectivity index (χ3v) is 7.57. The van der Waals surface area contributed by atoms with Crippen LogP contribution in [0.3, 0.4) is 0 Å². The van der Waals surface area contributed by atoms with Crippen molar-refractivity contribution in [3.63, 3.8) is 0 Å². The second-order valence-corrected chi connectivity index (χ2v) is 9.99. The molecule has 2 heterocycles. The standard InChI is InChI=1S/C20H23F2N5O3S/c21-18(22)13-8-12-7-11-3-1-4-14(11)17(15(12)9-13)25-20(28)26-31(23,29)16-10-24-27-5-2-6-30-19(16)27/h7,10,13,18H,1-6,8-9H2,(H3,23,25,26,28,29). The zero-order valence-corrected chi connectivity index (χ0v) is 17.6. The van der Waals surface area contributed by atoms with Gasteiger partial charge in [-0.3, -0.25) is 0 Å². The van der Waals surface area contributed by atoms with Crippen LogP contribution in [0.4, 0.5) is 19.3 Å². The third kappa shape index (κ3) is 3.54. The summed E-state index contributed by atoms with van der Waals surface area (Å²) in [6.07, 6.45) is 2.60. The van der Waals surface area contributed by atoms with E-state index in [1.54, 1.807) is 0 Å². The number of urea groups is 1. The van der Waals surface area contributed by atoms with E-state index in [0.29, 0.717) is 18.8 Å². The number of benzene rings is 1. The maximum Gasteiger partial charge on any atom is 0.331 e. The highest BCUT2D eigenvalue weighted by molar-refractivity contribution is 7.91. The molecule has 2 amide bonds. The van der Waals surface area contributed by atoms with E-state index in [9.17, 15) is 17.8 Å². The van der Waals surface area contributed by atoms with Crippen LogP contribution in [0.5, 0.6) is 5.88 Å². The van der Waals surface area contributed by atoms with E-state index < -0.39 is 28.3 Å². The fraction of sp³-hybridized carbons (Fsp3) is 0.500. The topological polar surface area (TPSA) is 109 Å². The van der Waals surface area contributed by atoms with Gasteiger partial charge in [-0.1, -0.05) is 6.07 Å². The molecule has 31 heavy (non-hydrogen) atoms. The number of hydrogen-bond acceptors (Lipinski definition) is 5. The third-order valence-electron chi connectivity index (χ3n) is 6.20. The molecule has 166 valence electrons. The van der Waals surface area contributed by atoms with Crippen LogP contribution >= 0.6 is 0 Å². The van der Waals surface area contributed by atoms with Crippen LogP contribution < -0.4 is 14.8 Å². The number of amides is 2. The zero-order chi connectivity index (χ0) is 21.8. The molecular formula is C20H23F2N5O3S. The molecule has 0 saturated heterocycles. The molecule has 0 bridgehead atoms. The number of nitrogens with one attached hydrogen (secondary N) is 3. The van der Waals surface area contributed by atoms with Gasteiger partial charge in [0.1, 0.15) is 4.90 Å². The van der Waals surface area contributed by atoms with Crippen LogP contribution in [-0.4, -0.2) is 33.1 Å². The van der Waals surface area contributed by atoms with Crippen molar-refractivity contribution in [1.29, 1.82) is 4.78 Å². The van der Waals surface area contributed by atoms with E-state index in [1.807, 2.05) is 6.07 Å². The lowest BCUT2D eigenvalue weighted by atomic mass is 9.99. The quantitative estimate of drug-likeness (QED) is 0.663. The molecule has 0 spiro atoms. The van der Waals surface area contributed by atoms with Crippen molar-refractivity contribution in [2.75, 3.05) is 11.9 Å². The summed E-state index contributed by atoms with van der Waals surface area (Å²) < 4.78 is 57.1. The van der Waals surface area contributed by atoms with Gasteiger partial charge in [-0.15, -0.1) is 0 Å². The first-order valence-corrected chi connectivity index (χ1v) is 11.9. The van der Waals surface area contributed by atoms with Crippen LogP contribution in [0.25, 0.3) is 0 Å². The number of alkyl halides is 2. The van der Waals surface area contributed by atoms with Gasteiger partial charge in [0.25, 0.3) is 0 Å². The van der Waals surface area contributed by atoms with Crippen LogP contribution in [0.2, 0.25) is 0 Å². The largest absolute Gasteiger partial charge is 0.477 e. The lowest BCUT2D eigenvalue weighted by Crippen LogP contribution is -2.34. The van der Waals surface area contributed by atoms with E-state index in [-0.39, 0.29) is 23.6 Å². The Morgan fingerprint density at radius 3 is 2.90 bits per heavy atom. The Balaban J connectivity index is 1.41. The molecule has 0 radical (unpaired) electrons. The number of carbonyl (C=O) groups is 1. The van der Waals surface area contributed by atoms with Crippen molar-refractivity contribution >= 4 is 21.6 Å². The Morgan fingerprint density at radius 1 is 1.26 bits per heavy atom. The van der Waals surface area contributed by atoms with Gasteiger partial charge in [-0.25, -0.2) is 32.0 Å². The summed E-state index contributed by atoms with van der Waals surface area (Å²) in [5.74, 6) is -0.537. The number of carbonyl (C=O) groups excluding carboxylic acids is 1. The second-order valence-electron chi connectivity index (χ2n) is 8.23. The summed E-state index contributed by atoms with van der Waals surface area (Å²) >= 11 is 0. The summed E-state index contributed by atoms with van der Waals surface area (Å²) in [7, 11) is -3.72. The number of hydrogen-bond donors (Lipinski definition) is 3. The van der Waals surface area contributed by atoms with Crippen LogP contribution in [0, 0.1) is 10.7 Å². The molecule has 1 aliphatic heterocycles. The number of rotatable bonds is 4. The normalized spacial score (nSPS) is 21.1. The fourth-order valence-electron chi connectivity index (χ4n) is 4.78. The van der Waals surface area contributed by atoms with Gasteiger partial charge < -0.3 is 10.1 Å². The van der Waals surface area contributed by atoms with Gasteiger partial charge in [0, 0.05) is 24.6 Å². The number of halogens is 2. The number of fused-ring (bicyclic) bond motifs is 3. The van der Waals surface area contributed by atoms with E-state index in [2.05, 4.69) is 15.1 Å². The molecule has 2 aromatic rings. The summed E-state index contributed by atoms with van der Waals surface area (Å²) in [4.78, 5) is 12.8. The first-order valence-electron chi connectivity index (χ1n) is 10.3. The van der Waals surface area contributed by atoms with Gasteiger partial charge in [0.15, 0.2) is 9.92 Å². The van der Waals surface area contributed by atoms with Crippen LogP contribution in [0.1, 0.15) is 35.1 Å². The predicted molar refractivity (Wildman–Crippen MR) is 109 cm³/mol. The predicted octanol–water partition coefficient (Wildman–Crippen LogP) is 3.28. The highest BCUT2D eigenvalue weighted by Crippen LogP contribution is 2.41. The molecule has 1 aromatic carbocycles. The minimum atomic E-state index is -3.72. The van der Waals surface area contributed by atoms with E-state index in [4.69, 9.17) is 9.52 Å². The van der Waals surface area contributed by atoms with Gasteiger partial charge in [-0.2, -0.15) is 5.10 Å². The highest BCUT2D eigenvalue weighted by Gasteiger charge is 2.34. The van der Waals surface area contributed by atoms with E-state index in [0.717, 1.165) is 47.9 Å². The van der Waals surface area contributed by atoms with Crippen molar-refractivity contribution < 1.29 is 22.5 Å². The lowest BCUT2D eigenvalue weighted by molar-refractivity contribution is 0.0824. The van der Waals surface area contributed by atoms with Gasteiger partial charge >= 0.3 is 6.03 Å². The van der Waals surface area contributed by atoms with Crippen molar-refractivity contribution in [3.8, 4) is 5.88 Å². The van der Waals surface area contributed by atoms with Crippen molar-refractivity contribution in [2.45, 2.75) is 56.4 Å². The van der Waals surface area contributed by atoms with Gasteiger partial charge in [0.05, 0.1) is 12.8 Å².